The summed E-state index contributed by atoms with van der Waals surface area (Å²) in [6.45, 7) is 7.74. The molecule has 0 heterocycles. The molecule has 0 saturated heterocycles. The number of anilines is 1. The first-order chi connectivity index (χ1) is 9.68. The summed E-state index contributed by atoms with van der Waals surface area (Å²) in [6.07, 6.45) is 2.01. The number of benzene rings is 1. The maximum absolute atomic E-state index is 12.0. The van der Waals surface area contributed by atoms with Gasteiger partial charge in [-0.15, -0.1) is 0 Å². The zero-order chi connectivity index (χ0) is 16.2. The Labute approximate surface area is 131 Å². The molecule has 0 aliphatic heterocycles. The van der Waals surface area contributed by atoms with Crippen molar-refractivity contribution in [2.45, 2.75) is 51.9 Å². The van der Waals surface area contributed by atoms with Gasteiger partial charge in [0, 0.05) is 22.8 Å². The molecule has 0 spiro atoms. The van der Waals surface area contributed by atoms with Gasteiger partial charge in [-0.05, 0) is 42.5 Å². The molecule has 1 atom stereocenters. The first-order valence-electron chi connectivity index (χ1n) is 7.07. The van der Waals surface area contributed by atoms with Crippen molar-refractivity contribution in [1.82, 2.24) is 0 Å². The fourth-order valence-corrected chi connectivity index (χ4v) is 2.94. The Hall–Kier alpha value is -1.07. The lowest BCUT2D eigenvalue weighted by Crippen LogP contribution is -2.17. The van der Waals surface area contributed by atoms with Crippen molar-refractivity contribution < 1.29 is 13.2 Å². The van der Waals surface area contributed by atoms with Crippen LogP contribution in [0.1, 0.15) is 44.7 Å². The van der Waals surface area contributed by atoms with Crippen LogP contribution in [-0.4, -0.2) is 14.3 Å². The molecule has 1 aromatic carbocycles. The van der Waals surface area contributed by atoms with Gasteiger partial charge in [0.15, 0.2) is 0 Å². The second-order valence-electron chi connectivity index (χ2n) is 5.33. The van der Waals surface area contributed by atoms with E-state index in [9.17, 15) is 13.2 Å². The second kappa shape index (κ2) is 7.27. The molecule has 1 amide bonds. The van der Waals surface area contributed by atoms with Crippen LogP contribution < -0.4 is 5.32 Å². The van der Waals surface area contributed by atoms with Crippen LogP contribution in [0.15, 0.2) is 17.0 Å². The third-order valence-corrected chi connectivity index (χ3v) is 4.88. The molecule has 0 saturated carbocycles. The smallest absolute Gasteiger partial charge is 0.261 e. The van der Waals surface area contributed by atoms with Crippen molar-refractivity contribution in [2.75, 3.05) is 5.32 Å². The maximum atomic E-state index is 12.0. The van der Waals surface area contributed by atoms with E-state index in [0.29, 0.717) is 30.0 Å². The Balaban J connectivity index is 3.11. The summed E-state index contributed by atoms with van der Waals surface area (Å²) in [5, 5.41) is 2.90. The lowest BCUT2D eigenvalue weighted by molar-refractivity contribution is -0.117. The number of rotatable bonds is 6. The van der Waals surface area contributed by atoms with Gasteiger partial charge in [-0.1, -0.05) is 27.2 Å². The zero-order valence-electron chi connectivity index (χ0n) is 12.9. The minimum Gasteiger partial charge on any atom is -0.326 e. The number of hydrogen-bond acceptors (Lipinski definition) is 3. The Morgan fingerprint density at radius 3 is 2.43 bits per heavy atom. The average Bonchev–Trinajstić information content (AvgIpc) is 2.39. The van der Waals surface area contributed by atoms with E-state index in [4.69, 9.17) is 10.7 Å². The van der Waals surface area contributed by atoms with Gasteiger partial charge in [0.25, 0.3) is 9.05 Å². The Bertz CT molecular complexity index is 626. The maximum Gasteiger partial charge on any atom is 0.261 e. The van der Waals surface area contributed by atoms with Crippen molar-refractivity contribution in [3.05, 3.63) is 23.3 Å². The van der Waals surface area contributed by atoms with Crippen LogP contribution in [-0.2, 0) is 20.3 Å². The standard InChI is InChI=1S/C15H22ClNO3S/c1-5-10(3)7-14(18)17-15-11(4)8-13(21(16,19)20)9-12(15)6-2/h8-10H,5-7H2,1-4H3,(H,17,18). The van der Waals surface area contributed by atoms with E-state index in [1.807, 2.05) is 20.8 Å². The second-order valence-corrected chi connectivity index (χ2v) is 7.90. The van der Waals surface area contributed by atoms with Gasteiger partial charge in [0.1, 0.15) is 0 Å². The highest BCUT2D eigenvalue weighted by Crippen LogP contribution is 2.28. The van der Waals surface area contributed by atoms with E-state index in [1.54, 1.807) is 6.92 Å². The van der Waals surface area contributed by atoms with E-state index in [1.165, 1.54) is 12.1 Å². The molecule has 0 aromatic heterocycles. The normalized spacial score (nSPS) is 13.0. The number of nitrogens with one attached hydrogen (secondary N) is 1. The van der Waals surface area contributed by atoms with Gasteiger partial charge in [-0.3, -0.25) is 4.79 Å². The van der Waals surface area contributed by atoms with Crippen molar-refractivity contribution in [3.8, 4) is 0 Å². The van der Waals surface area contributed by atoms with Crippen LogP contribution in [0, 0.1) is 12.8 Å². The summed E-state index contributed by atoms with van der Waals surface area (Å²) >= 11 is 0. The average molecular weight is 332 g/mol. The number of carbonyl (C=O) groups excluding carboxylic acids is 1. The molecule has 0 radical (unpaired) electrons. The highest BCUT2D eigenvalue weighted by molar-refractivity contribution is 8.13. The van der Waals surface area contributed by atoms with Crippen molar-refractivity contribution in [1.29, 1.82) is 0 Å². The number of halogens is 1. The molecular weight excluding hydrogens is 310 g/mol. The Morgan fingerprint density at radius 2 is 1.95 bits per heavy atom. The van der Waals surface area contributed by atoms with Crippen molar-refractivity contribution in [2.24, 2.45) is 5.92 Å². The lowest BCUT2D eigenvalue weighted by atomic mass is 10.0. The molecule has 6 heteroatoms. The van der Waals surface area contributed by atoms with Gasteiger partial charge in [0.05, 0.1) is 4.90 Å². The molecule has 0 fully saturated rings. The van der Waals surface area contributed by atoms with Crippen LogP contribution in [0.25, 0.3) is 0 Å². The van der Waals surface area contributed by atoms with Crippen LogP contribution in [0.4, 0.5) is 5.69 Å². The number of aryl methyl sites for hydroxylation is 2. The van der Waals surface area contributed by atoms with Crippen molar-refractivity contribution >= 4 is 31.3 Å². The number of hydrogen-bond donors (Lipinski definition) is 1. The van der Waals surface area contributed by atoms with E-state index in [-0.39, 0.29) is 10.8 Å². The van der Waals surface area contributed by atoms with Crippen LogP contribution in [0.5, 0.6) is 0 Å². The molecule has 0 aliphatic carbocycles. The van der Waals surface area contributed by atoms with E-state index in [0.717, 1.165) is 12.0 Å². The molecule has 118 valence electrons. The summed E-state index contributed by atoms with van der Waals surface area (Å²) in [5.74, 6) is 0.265. The lowest BCUT2D eigenvalue weighted by Gasteiger charge is -2.16. The van der Waals surface area contributed by atoms with Gasteiger partial charge in [-0.25, -0.2) is 8.42 Å². The summed E-state index contributed by atoms with van der Waals surface area (Å²) in [5.41, 5.74) is 2.16. The summed E-state index contributed by atoms with van der Waals surface area (Å²) in [6, 6.07) is 3.01. The van der Waals surface area contributed by atoms with Crippen LogP contribution in [0.3, 0.4) is 0 Å². The molecule has 4 nitrogen and oxygen atoms in total. The van der Waals surface area contributed by atoms with E-state index < -0.39 is 9.05 Å². The number of amides is 1. The van der Waals surface area contributed by atoms with Crippen LogP contribution >= 0.6 is 10.7 Å². The van der Waals surface area contributed by atoms with E-state index >= 15 is 0 Å². The third kappa shape index (κ3) is 5.00. The minimum atomic E-state index is -3.77. The number of carbonyl (C=O) groups is 1. The van der Waals surface area contributed by atoms with Crippen LogP contribution in [0.2, 0.25) is 0 Å². The van der Waals surface area contributed by atoms with Gasteiger partial charge in [0.2, 0.25) is 5.91 Å². The quantitative estimate of drug-likeness (QED) is 0.805. The first-order valence-corrected chi connectivity index (χ1v) is 9.38. The molecule has 1 N–H and O–H groups in total. The fraction of sp³-hybridized carbons (Fsp3) is 0.533. The van der Waals surface area contributed by atoms with Crippen molar-refractivity contribution in [3.63, 3.8) is 0 Å². The third-order valence-electron chi connectivity index (χ3n) is 3.55. The predicted molar refractivity (Wildman–Crippen MR) is 86.3 cm³/mol. The first kappa shape index (κ1) is 18.0. The Kier molecular flexibility index (Phi) is 6.23. The van der Waals surface area contributed by atoms with E-state index in [2.05, 4.69) is 5.32 Å². The molecule has 0 bridgehead atoms. The Morgan fingerprint density at radius 1 is 1.33 bits per heavy atom. The SMILES string of the molecule is CCc1cc(S(=O)(=O)Cl)cc(C)c1NC(=O)CC(C)CC. The summed E-state index contributed by atoms with van der Waals surface area (Å²) in [4.78, 5) is 12.1. The zero-order valence-corrected chi connectivity index (χ0v) is 14.4. The molecule has 21 heavy (non-hydrogen) atoms. The molecule has 1 unspecified atom stereocenters. The van der Waals surface area contributed by atoms with Gasteiger partial charge < -0.3 is 5.32 Å². The molecule has 0 aliphatic rings. The molecular formula is C15H22ClNO3S. The highest BCUT2D eigenvalue weighted by atomic mass is 35.7. The largest absolute Gasteiger partial charge is 0.326 e. The molecule has 1 rings (SSSR count). The highest BCUT2D eigenvalue weighted by Gasteiger charge is 2.17. The molecule has 1 aromatic rings. The van der Waals surface area contributed by atoms with Gasteiger partial charge >= 0.3 is 0 Å². The summed E-state index contributed by atoms with van der Waals surface area (Å²) < 4.78 is 22.9. The van der Waals surface area contributed by atoms with Gasteiger partial charge in [-0.2, -0.15) is 0 Å². The fourth-order valence-electron chi connectivity index (χ4n) is 2.07. The minimum absolute atomic E-state index is 0.0522. The summed E-state index contributed by atoms with van der Waals surface area (Å²) in [7, 11) is 1.62. The predicted octanol–water partition coefficient (Wildman–Crippen LogP) is 3.86. The monoisotopic (exact) mass is 331 g/mol. The topological polar surface area (TPSA) is 63.2 Å².